The lowest BCUT2D eigenvalue weighted by Crippen LogP contribution is -2.36. The summed E-state index contributed by atoms with van der Waals surface area (Å²) in [7, 11) is 0. The molecule has 0 radical (unpaired) electrons. The highest BCUT2D eigenvalue weighted by atomic mass is 16.2. The number of carbonyl (C=O) groups is 1. The molecule has 5 heteroatoms. The van der Waals surface area contributed by atoms with Crippen LogP contribution in [0.2, 0.25) is 0 Å². The molecule has 0 unspecified atom stereocenters. The summed E-state index contributed by atoms with van der Waals surface area (Å²) >= 11 is 0. The molecule has 2 aromatic carbocycles. The highest BCUT2D eigenvalue weighted by molar-refractivity contribution is 6.07. The molecule has 0 bridgehead atoms. The molecule has 0 aliphatic carbocycles. The van der Waals surface area contributed by atoms with Gasteiger partial charge in [0.05, 0.1) is 12.2 Å². The van der Waals surface area contributed by atoms with Crippen molar-refractivity contribution in [1.29, 1.82) is 0 Å². The Labute approximate surface area is 127 Å². The van der Waals surface area contributed by atoms with Gasteiger partial charge in [-0.25, -0.2) is 0 Å². The standard InChI is InChI=1S/C17H16N4O/c18-16-14-8-9-21(10-15(14)19-20-16)17(22)13-7-3-5-11-4-1-2-6-12(11)13/h1-7H,8-10H2,(H3,18,19,20). The molecule has 3 aromatic rings. The van der Waals surface area contributed by atoms with E-state index in [2.05, 4.69) is 10.2 Å². The van der Waals surface area contributed by atoms with Crippen molar-refractivity contribution in [2.24, 2.45) is 0 Å². The Kier molecular flexibility index (Phi) is 2.85. The van der Waals surface area contributed by atoms with E-state index in [0.717, 1.165) is 34.0 Å². The molecule has 22 heavy (non-hydrogen) atoms. The molecule has 0 spiro atoms. The number of nitrogens with two attached hydrogens (primary N) is 1. The molecule has 0 atom stereocenters. The fraction of sp³-hybridized carbons (Fsp3) is 0.176. The van der Waals surface area contributed by atoms with E-state index in [1.54, 1.807) is 0 Å². The third kappa shape index (κ3) is 1.94. The van der Waals surface area contributed by atoms with Crippen LogP contribution in [0.15, 0.2) is 42.5 Å². The summed E-state index contributed by atoms with van der Waals surface area (Å²) in [6, 6.07) is 13.8. The summed E-state index contributed by atoms with van der Waals surface area (Å²) in [6.07, 6.45) is 0.744. The van der Waals surface area contributed by atoms with Crippen molar-refractivity contribution in [1.82, 2.24) is 15.1 Å². The summed E-state index contributed by atoms with van der Waals surface area (Å²) < 4.78 is 0. The smallest absolute Gasteiger partial charge is 0.254 e. The molecule has 0 fully saturated rings. The second kappa shape index (κ2) is 4.87. The van der Waals surface area contributed by atoms with E-state index in [4.69, 9.17) is 5.73 Å². The van der Waals surface area contributed by atoms with Crippen LogP contribution in [0.1, 0.15) is 21.6 Å². The lowest BCUT2D eigenvalue weighted by atomic mass is 10.0. The molecule has 5 nitrogen and oxygen atoms in total. The predicted molar refractivity (Wildman–Crippen MR) is 85.4 cm³/mol. The van der Waals surface area contributed by atoms with Gasteiger partial charge >= 0.3 is 0 Å². The van der Waals surface area contributed by atoms with Crippen molar-refractivity contribution in [3.63, 3.8) is 0 Å². The summed E-state index contributed by atoms with van der Waals surface area (Å²) in [5.74, 6) is 0.600. The van der Waals surface area contributed by atoms with E-state index in [-0.39, 0.29) is 5.91 Å². The van der Waals surface area contributed by atoms with Crippen LogP contribution in [0, 0.1) is 0 Å². The Bertz CT molecular complexity index is 863. The van der Waals surface area contributed by atoms with Gasteiger partial charge in [0.25, 0.3) is 5.91 Å². The molecule has 1 aliphatic rings. The number of aromatic nitrogens is 2. The molecule has 1 aliphatic heterocycles. The summed E-state index contributed by atoms with van der Waals surface area (Å²) in [5, 5.41) is 9.03. The van der Waals surface area contributed by atoms with Gasteiger partial charge in [-0.15, -0.1) is 0 Å². The lowest BCUT2D eigenvalue weighted by Gasteiger charge is -2.27. The number of nitrogens with one attached hydrogen (secondary N) is 1. The number of nitrogens with zero attached hydrogens (tertiary/aromatic N) is 2. The highest BCUT2D eigenvalue weighted by Crippen LogP contribution is 2.25. The fourth-order valence-electron chi connectivity index (χ4n) is 3.10. The fourth-order valence-corrected chi connectivity index (χ4v) is 3.10. The van der Waals surface area contributed by atoms with Gasteiger partial charge in [-0.2, -0.15) is 5.10 Å². The minimum absolute atomic E-state index is 0.0515. The first-order chi connectivity index (χ1) is 10.7. The zero-order chi connectivity index (χ0) is 15.1. The van der Waals surface area contributed by atoms with Gasteiger partial charge in [0.2, 0.25) is 0 Å². The van der Waals surface area contributed by atoms with Gasteiger partial charge in [0.15, 0.2) is 0 Å². The number of hydrogen-bond acceptors (Lipinski definition) is 3. The number of nitrogen functional groups attached to an aromatic ring is 1. The van der Waals surface area contributed by atoms with Crippen LogP contribution in [-0.4, -0.2) is 27.5 Å². The molecule has 4 rings (SSSR count). The maximum Gasteiger partial charge on any atom is 0.254 e. The largest absolute Gasteiger partial charge is 0.382 e. The minimum Gasteiger partial charge on any atom is -0.382 e. The number of aromatic amines is 1. The Morgan fingerprint density at radius 2 is 2.00 bits per heavy atom. The van der Waals surface area contributed by atoms with Crippen molar-refractivity contribution >= 4 is 22.5 Å². The number of fused-ring (bicyclic) bond motifs is 2. The first kappa shape index (κ1) is 12.9. The Hall–Kier alpha value is -2.82. The summed E-state index contributed by atoms with van der Waals surface area (Å²) in [5.41, 5.74) is 8.55. The van der Waals surface area contributed by atoms with Crippen molar-refractivity contribution in [3.05, 3.63) is 59.3 Å². The Morgan fingerprint density at radius 1 is 1.18 bits per heavy atom. The molecule has 2 heterocycles. The van der Waals surface area contributed by atoms with Gasteiger partial charge < -0.3 is 10.6 Å². The van der Waals surface area contributed by atoms with Crippen molar-refractivity contribution in [2.75, 3.05) is 12.3 Å². The van der Waals surface area contributed by atoms with Crippen LogP contribution in [-0.2, 0) is 13.0 Å². The van der Waals surface area contributed by atoms with Gasteiger partial charge in [0, 0.05) is 17.7 Å². The van der Waals surface area contributed by atoms with Crippen LogP contribution in [0.5, 0.6) is 0 Å². The molecule has 3 N–H and O–H groups in total. The van der Waals surface area contributed by atoms with Crippen molar-refractivity contribution in [3.8, 4) is 0 Å². The van der Waals surface area contributed by atoms with Gasteiger partial charge in [0.1, 0.15) is 5.82 Å². The van der Waals surface area contributed by atoms with E-state index in [0.29, 0.717) is 18.9 Å². The number of amides is 1. The maximum absolute atomic E-state index is 12.9. The Balaban J connectivity index is 1.70. The first-order valence-corrected chi connectivity index (χ1v) is 7.32. The summed E-state index contributed by atoms with van der Waals surface area (Å²) in [6.45, 7) is 1.19. The van der Waals surface area contributed by atoms with Crippen LogP contribution < -0.4 is 5.73 Å². The maximum atomic E-state index is 12.9. The number of anilines is 1. The third-order valence-electron chi connectivity index (χ3n) is 4.27. The third-order valence-corrected chi connectivity index (χ3v) is 4.27. The zero-order valence-corrected chi connectivity index (χ0v) is 12.0. The second-order valence-corrected chi connectivity index (χ2v) is 5.57. The minimum atomic E-state index is 0.0515. The molecular formula is C17H16N4O. The van der Waals surface area contributed by atoms with Crippen LogP contribution in [0.4, 0.5) is 5.82 Å². The zero-order valence-electron chi connectivity index (χ0n) is 12.0. The van der Waals surface area contributed by atoms with Gasteiger partial charge in [-0.05, 0) is 23.3 Å². The number of rotatable bonds is 1. The highest BCUT2D eigenvalue weighted by Gasteiger charge is 2.25. The van der Waals surface area contributed by atoms with Gasteiger partial charge in [-0.1, -0.05) is 36.4 Å². The normalized spacial score (nSPS) is 14.1. The van der Waals surface area contributed by atoms with Crippen LogP contribution in [0.25, 0.3) is 10.8 Å². The topological polar surface area (TPSA) is 75.0 Å². The van der Waals surface area contributed by atoms with Crippen molar-refractivity contribution in [2.45, 2.75) is 13.0 Å². The molecule has 0 saturated heterocycles. The first-order valence-electron chi connectivity index (χ1n) is 7.32. The van der Waals surface area contributed by atoms with Crippen LogP contribution >= 0.6 is 0 Å². The number of benzene rings is 2. The molecule has 1 aromatic heterocycles. The average Bonchev–Trinajstić information content (AvgIpc) is 2.94. The second-order valence-electron chi connectivity index (χ2n) is 5.57. The molecule has 0 saturated carbocycles. The van der Waals surface area contributed by atoms with E-state index in [9.17, 15) is 4.79 Å². The van der Waals surface area contributed by atoms with E-state index in [1.165, 1.54) is 0 Å². The Morgan fingerprint density at radius 3 is 2.91 bits per heavy atom. The molecular weight excluding hydrogens is 276 g/mol. The summed E-state index contributed by atoms with van der Waals surface area (Å²) in [4.78, 5) is 14.7. The van der Waals surface area contributed by atoms with Gasteiger partial charge in [-0.3, -0.25) is 9.89 Å². The number of carbonyl (C=O) groups excluding carboxylic acids is 1. The number of hydrogen-bond donors (Lipinski definition) is 2. The lowest BCUT2D eigenvalue weighted by molar-refractivity contribution is 0.0734. The SMILES string of the molecule is Nc1n[nH]c2c1CCN(C(=O)c1cccc3ccccc13)C2. The number of H-pyrrole nitrogens is 1. The quantitative estimate of drug-likeness (QED) is 0.723. The molecule has 1 amide bonds. The molecule has 110 valence electrons. The van der Waals surface area contributed by atoms with E-state index >= 15 is 0 Å². The van der Waals surface area contributed by atoms with Crippen molar-refractivity contribution < 1.29 is 4.79 Å². The van der Waals surface area contributed by atoms with Crippen LogP contribution in [0.3, 0.4) is 0 Å². The average molecular weight is 292 g/mol. The predicted octanol–water partition coefficient (Wildman–Crippen LogP) is 2.34. The van der Waals surface area contributed by atoms with E-state index < -0.39 is 0 Å². The monoisotopic (exact) mass is 292 g/mol. The van der Waals surface area contributed by atoms with E-state index in [1.807, 2.05) is 47.4 Å².